The van der Waals surface area contributed by atoms with Gasteiger partial charge in [-0.2, -0.15) is 4.98 Å². The molecule has 11 nitrogen and oxygen atoms in total. The summed E-state index contributed by atoms with van der Waals surface area (Å²) in [5.74, 6) is -0.727. The molecular formula is C18H19FN8O3S. The van der Waals surface area contributed by atoms with Crippen LogP contribution in [0.4, 0.5) is 15.9 Å². The average molecular weight is 446 g/mol. The summed E-state index contributed by atoms with van der Waals surface area (Å²) in [4.78, 5) is 16.7. The molecule has 0 aliphatic carbocycles. The molecule has 4 rings (SSSR count). The van der Waals surface area contributed by atoms with Gasteiger partial charge in [-0.25, -0.2) is 32.1 Å². The standard InChI is InChI=1S/C18H19FN8O3S/c1-18(8-31(28,29)27(2)17(20)26-18)11-6-10(4-5-12(11)19)24-15-14-16(23-9-22-15)25-13(30-3)7-21-14/h4-7,9H,8H2,1-3H3,(H2,20,26)(H,22,23,24,25)/t18-/m0/s1. The van der Waals surface area contributed by atoms with Crippen LogP contribution in [0.5, 0.6) is 5.88 Å². The summed E-state index contributed by atoms with van der Waals surface area (Å²) in [5.41, 5.74) is -0.125. The summed E-state index contributed by atoms with van der Waals surface area (Å²) < 4.78 is 45.5. The van der Waals surface area contributed by atoms with E-state index < -0.39 is 27.1 Å². The van der Waals surface area contributed by atoms with Gasteiger partial charge in [0.15, 0.2) is 17.0 Å². The SMILES string of the molecule is COc1cnc2c(Nc3ccc(F)c([C@]4(C)CS(=O)(=O)N(C)C(=N)N4)c3)ncnc2n1. The second-order valence-electron chi connectivity index (χ2n) is 7.16. The molecule has 2 aromatic heterocycles. The molecule has 0 unspecified atom stereocenters. The van der Waals surface area contributed by atoms with Crippen LogP contribution in [0.1, 0.15) is 12.5 Å². The van der Waals surface area contributed by atoms with Crippen LogP contribution in [-0.4, -0.2) is 58.5 Å². The minimum atomic E-state index is -3.78. The van der Waals surface area contributed by atoms with Gasteiger partial charge in [0.05, 0.1) is 24.6 Å². The highest BCUT2D eigenvalue weighted by Gasteiger charge is 2.43. The number of hydrogen-bond acceptors (Lipinski definition) is 9. The number of nitrogens with zero attached hydrogens (tertiary/aromatic N) is 5. The Morgan fingerprint density at radius 1 is 1.32 bits per heavy atom. The molecule has 0 saturated carbocycles. The Bertz CT molecular complexity index is 1300. The van der Waals surface area contributed by atoms with E-state index >= 15 is 0 Å². The predicted molar refractivity (Wildman–Crippen MR) is 111 cm³/mol. The Morgan fingerprint density at radius 2 is 2.10 bits per heavy atom. The lowest BCUT2D eigenvalue weighted by molar-refractivity contribution is 0.397. The van der Waals surface area contributed by atoms with Crippen molar-refractivity contribution in [2.45, 2.75) is 12.5 Å². The molecule has 1 atom stereocenters. The highest BCUT2D eigenvalue weighted by Crippen LogP contribution is 2.32. The summed E-state index contributed by atoms with van der Waals surface area (Å²) in [6.07, 6.45) is 2.73. The van der Waals surface area contributed by atoms with Gasteiger partial charge < -0.3 is 15.4 Å². The maximum absolute atomic E-state index is 14.7. The number of anilines is 2. The topological polar surface area (TPSA) is 146 Å². The van der Waals surface area contributed by atoms with Crippen LogP contribution in [0.2, 0.25) is 0 Å². The molecule has 0 bridgehead atoms. The fourth-order valence-electron chi connectivity index (χ4n) is 3.30. The molecule has 1 aliphatic heterocycles. The van der Waals surface area contributed by atoms with E-state index in [9.17, 15) is 12.8 Å². The maximum Gasteiger partial charge on any atom is 0.239 e. The molecule has 3 heterocycles. The van der Waals surface area contributed by atoms with Gasteiger partial charge in [-0.15, -0.1) is 0 Å². The first-order valence-electron chi connectivity index (χ1n) is 9.05. The van der Waals surface area contributed by atoms with Gasteiger partial charge in [0, 0.05) is 18.3 Å². The fourth-order valence-corrected chi connectivity index (χ4v) is 4.77. The number of guanidine groups is 1. The van der Waals surface area contributed by atoms with Crippen LogP contribution in [0.3, 0.4) is 0 Å². The van der Waals surface area contributed by atoms with Gasteiger partial charge in [0.2, 0.25) is 21.9 Å². The number of methoxy groups -OCH3 is 1. The molecule has 0 spiro atoms. The molecule has 3 N–H and O–H groups in total. The van der Waals surface area contributed by atoms with Crippen LogP contribution in [0, 0.1) is 11.2 Å². The third-order valence-corrected chi connectivity index (χ3v) is 6.91. The number of aromatic nitrogens is 4. The van der Waals surface area contributed by atoms with E-state index in [1.54, 1.807) is 0 Å². The molecule has 13 heteroatoms. The van der Waals surface area contributed by atoms with Gasteiger partial charge in [-0.3, -0.25) is 5.41 Å². The van der Waals surface area contributed by atoms with Crippen LogP contribution < -0.4 is 15.4 Å². The Kier molecular flexibility index (Phi) is 4.84. The smallest absolute Gasteiger partial charge is 0.239 e. The van der Waals surface area contributed by atoms with Crippen molar-refractivity contribution < 1.29 is 17.5 Å². The normalized spacial score (nSPS) is 20.4. The van der Waals surface area contributed by atoms with Crippen molar-refractivity contribution in [3.05, 3.63) is 42.1 Å². The first-order chi connectivity index (χ1) is 14.6. The lowest BCUT2D eigenvalue weighted by Crippen LogP contribution is -2.61. The number of hydrogen-bond donors (Lipinski definition) is 3. The molecule has 1 aromatic carbocycles. The molecule has 1 fully saturated rings. The van der Waals surface area contributed by atoms with E-state index in [-0.39, 0.29) is 11.5 Å². The largest absolute Gasteiger partial charge is 0.480 e. The average Bonchev–Trinajstić information content (AvgIpc) is 2.72. The summed E-state index contributed by atoms with van der Waals surface area (Å²) in [6, 6.07) is 4.18. The third-order valence-electron chi connectivity index (χ3n) is 4.95. The van der Waals surface area contributed by atoms with Crippen molar-refractivity contribution in [3.8, 4) is 5.88 Å². The number of halogens is 1. The van der Waals surface area contributed by atoms with Gasteiger partial charge >= 0.3 is 0 Å². The van der Waals surface area contributed by atoms with E-state index in [2.05, 4.69) is 30.6 Å². The third kappa shape index (κ3) is 3.67. The summed E-state index contributed by atoms with van der Waals surface area (Å²) >= 11 is 0. The van der Waals surface area contributed by atoms with E-state index in [1.807, 2.05) is 0 Å². The Hall–Kier alpha value is -3.61. The zero-order valence-electron chi connectivity index (χ0n) is 16.8. The van der Waals surface area contributed by atoms with Gasteiger partial charge in [-0.1, -0.05) is 0 Å². The molecule has 1 aliphatic rings. The fraction of sp³-hybridized carbons (Fsp3) is 0.278. The molecule has 162 valence electrons. The van der Waals surface area contributed by atoms with Crippen molar-refractivity contribution >= 4 is 38.7 Å². The van der Waals surface area contributed by atoms with Gasteiger partial charge in [-0.05, 0) is 25.1 Å². The number of nitrogens with one attached hydrogen (secondary N) is 3. The van der Waals surface area contributed by atoms with E-state index in [4.69, 9.17) is 10.1 Å². The zero-order valence-corrected chi connectivity index (χ0v) is 17.7. The molecule has 0 amide bonds. The molecule has 31 heavy (non-hydrogen) atoms. The van der Waals surface area contributed by atoms with E-state index in [1.165, 1.54) is 51.8 Å². The van der Waals surface area contributed by atoms with Gasteiger partial charge in [0.1, 0.15) is 12.1 Å². The molecular weight excluding hydrogens is 427 g/mol. The van der Waals surface area contributed by atoms with Crippen LogP contribution in [-0.2, 0) is 15.6 Å². The van der Waals surface area contributed by atoms with Gasteiger partial charge in [0.25, 0.3) is 0 Å². The monoisotopic (exact) mass is 446 g/mol. The Morgan fingerprint density at radius 3 is 2.81 bits per heavy atom. The minimum Gasteiger partial charge on any atom is -0.480 e. The van der Waals surface area contributed by atoms with Crippen LogP contribution in [0.25, 0.3) is 11.2 Å². The first kappa shape index (κ1) is 20.7. The number of fused-ring (bicyclic) bond motifs is 1. The quantitative estimate of drug-likeness (QED) is 0.540. The molecule has 1 saturated heterocycles. The predicted octanol–water partition coefficient (Wildman–Crippen LogP) is 1.33. The lowest BCUT2D eigenvalue weighted by Gasteiger charge is -2.40. The lowest BCUT2D eigenvalue weighted by atomic mass is 9.93. The number of ether oxygens (including phenoxy) is 1. The summed E-state index contributed by atoms with van der Waals surface area (Å²) in [7, 11) is -1.04. The van der Waals surface area contributed by atoms with E-state index in [0.717, 1.165) is 4.31 Å². The van der Waals surface area contributed by atoms with Crippen molar-refractivity contribution in [1.29, 1.82) is 5.41 Å². The summed E-state index contributed by atoms with van der Waals surface area (Å²) in [5, 5.41) is 13.8. The van der Waals surface area contributed by atoms with Crippen LogP contribution in [0.15, 0.2) is 30.7 Å². The van der Waals surface area contributed by atoms with Crippen molar-refractivity contribution in [2.24, 2.45) is 0 Å². The second kappa shape index (κ2) is 7.27. The van der Waals surface area contributed by atoms with Crippen molar-refractivity contribution in [2.75, 3.05) is 25.2 Å². The van der Waals surface area contributed by atoms with E-state index in [0.29, 0.717) is 28.5 Å². The number of benzene rings is 1. The Labute approximate surface area is 177 Å². The molecule has 0 radical (unpaired) electrons. The van der Waals surface area contributed by atoms with Crippen molar-refractivity contribution in [3.63, 3.8) is 0 Å². The Balaban J connectivity index is 1.73. The highest BCUT2D eigenvalue weighted by atomic mass is 32.2. The number of sulfonamides is 1. The number of rotatable bonds is 4. The first-order valence-corrected chi connectivity index (χ1v) is 10.7. The van der Waals surface area contributed by atoms with Crippen LogP contribution >= 0.6 is 0 Å². The maximum atomic E-state index is 14.7. The zero-order chi connectivity index (χ0) is 22.4. The second-order valence-corrected chi connectivity index (χ2v) is 9.16. The highest BCUT2D eigenvalue weighted by molar-refractivity contribution is 7.89. The summed E-state index contributed by atoms with van der Waals surface area (Å²) in [6.45, 7) is 1.53. The molecule has 3 aromatic rings. The minimum absolute atomic E-state index is 0.0880. The van der Waals surface area contributed by atoms with Crippen molar-refractivity contribution in [1.82, 2.24) is 29.6 Å².